The minimum absolute atomic E-state index is 0.000323. The Labute approximate surface area is 138 Å². The van der Waals surface area contributed by atoms with Crippen LogP contribution in [0.4, 0.5) is 10.1 Å². The number of ether oxygens (including phenoxy) is 2. The van der Waals surface area contributed by atoms with E-state index in [1.807, 2.05) is 0 Å². The van der Waals surface area contributed by atoms with Gasteiger partial charge in [-0.1, -0.05) is 23.7 Å². The van der Waals surface area contributed by atoms with E-state index in [0.29, 0.717) is 22.7 Å². The number of nitrogens with one attached hydrogen (secondary N) is 2. The van der Waals surface area contributed by atoms with E-state index in [-0.39, 0.29) is 24.0 Å². The van der Waals surface area contributed by atoms with Gasteiger partial charge >= 0.3 is 0 Å². The minimum atomic E-state index is -0.403. The summed E-state index contributed by atoms with van der Waals surface area (Å²) in [4.78, 5) is 0. The second-order valence-corrected chi connectivity index (χ2v) is 5.15. The quantitative estimate of drug-likeness (QED) is 0.534. The average molecular weight is 338 g/mol. The highest BCUT2D eigenvalue weighted by atomic mass is 35.5. The molecule has 0 fully saturated rings. The van der Waals surface area contributed by atoms with Gasteiger partial charge in [0.25, 0.3) is 0 Å². The molecular weight excluding hydrogens is 321 g/mol. The normalized spacial score (nSPS) is 10.2. The Hall–Kier alpha value is -2.47. The number of hydrogen-bond donors (Lipinski definition) is 3. The Bertz CT molecular complexity index is 710. The maximum absolute atomic E-state index is 13.1. The molecule has 0 radical (unpaired) electrons. The lowest BCUT2D eigenvalue weighted by atomic mass is 10.2. The highest BCUT2D eigenvalue weighted by Crippen LogP contribution is 2.36. The van der Waals surface area contributed by atoms with Crippen molar-refractivity contribution in [3.8, 4) is 11.5 Å². The summed E-state index contributed by atoms with van der Waals surface area (Å²) in [5, 5.41) is 10.6. The van der Waals surface area contributed by atoms with Crippen LogP contribution in [0.5, 0.6) is 11.5 Å². The van der Waals surface area contributed by atoms with E-state index in [0.717, 1.165) is 0 Å². The molecule has 0 aliphatic heterocycles. The van der Waals surface area contributed by atoms with Crippen LogP contribution in [0.2, 0.25) is 5.02 Å². The van der Waals surface area contributed by atoms with Gasteiger partial charge in [0, 0.05) is 5.56 Å². The minimum Gasteiger partial charge on any atom is -0.493 e. The first-order valence-corrected chi connectivity index (χ1v) is 7.19. The third-order valence-corrected chi connectivity index (χ3v) is 3.41. The van der Waals surface area contributed by atoms with E-state index in [1.165, 1.54) is 19.2 Å². The standard InChI is InChI=1S/C16H17ClFN3O2/c1-22-14-4-2-3-13(21-8-15(19)20)16(14)23-9-10-5-6-11(18)7-12(10)17/h2-7,21H,8-9H2,1H3,(H3,19,20). The molecule has 0 saturated carbocycles. The zero-order chi connectivity index (χ0) is 16.8. The molecule has 0 saturated heterocycles. The van der Waals surface area contributed by atoms with Crippen molar-refractivity contribution < 1.29 is 13.9 Å². The number of nitrogens with two attached hydrogens (primary N) is 1. The Morgan fingerprint density at radius 1 is 1.35 bits per heavy atom. The van der Waals surface area contributed by atoms with E-state index in [9.17, 15) is 4.39 Å². The predicted octanol–water partition coefficient (Wildman–Crippen LogP) is 3.41. The van der Waals surface area contributed by atoms with Crippen LogP contribution in [-0.2, 0) is 6.61 Å². The molecule has 0 aliphatic rings. The average Bonchev–Trinajstić information content (AvgIpc) is 2.52. The van der Waals surface area contributed by atoms with Crippen LogP contribution >= 0.6 is 11.6 Å². The van der Waals surface area contributed by atoms with Crippen LogP contribution in [-0.4, -0.2) is 19.5 Å². The smallest absolute Gasteiger partial charge is 0.184 e. The van der Waals surface area contributed by atoms with E-state index in [1.54, 1.807) is 24.3 Å². The van der Waals surface area contributed by atoms with Crippen molar-refractivity contribution in [1.82, 2.24) is 0 Å². The van der Waals surface area contributed by atoms with Crippen molar-refractivity contribution in [2.75, 3.05) is 19.0 Å². The molecule has 23 heavy (non-hydrogen) atoms. The largest absolute Gasteiger partial charge is 0.493 e. The van der Waals surface area contributed by atoms with Crippen LogP contribution < -0.4 is 20.5 Å². The number of methoxy groups -OCH3 is 1. The molecule has 0 amide bonds. The van der Waals surface area contributed by atoms with Gasteiger partial charge in [0.15, 0.2) is 11.5 Å². The lowest BCUT2D eigenvalue weighted by Gasteiger charge is -2.16. The fourth-order valence-electron chi connectivity index (χ4n) is 1.94. The number of benzene rings is 2. The summed E-state index contributed by atoms with van der Waals surface area (Å²) in [6.45, 7) is 0.328. The molecule has 2 rings (SSSR count). The van der Waals surface area contributed by atoms with Gasteiger partial charge in [0.1, 0.15) is 18.3 Å². The first-order chi connectivity index (χ1) is 11.0. The van der Waals surface area contributed by atoms with Gasteiger partial charge in [0.2, 0.25) is 0 Å². The van der Waals surface area contributed by atoms with Gasteiger partial charge in [-0.05, 0) is 24.3 Å². The molecular formula is C16H17ClFN3O2. The van der Waals surface area contributed by atoms with Crippen molar-refractivity contribution in [3.05, 3.63) is 52.8 Å². The number of hydrogen-bond acceptors (Lipinski definition) is 4. The molecule has 5 nitrogen and oxygen atoms in total. The van der Waals surface area contributed by atoms with Crippen molar-refractivity contribution >= 4 is 23.1 Å². The number of halogens is 2. The van der Waals surface area contributed by atoms with Gasteiger partial charge in [0.05, 0.1) is 24.4 Å². The number of rotatable bonds is 7. The fraction of sp³-hybridized carbons (Fsp3) is 0.188. The van der Waals surface area contributed by atoms with Crippen LogP contribution in [0.25, 0.3) is 0 Å². The highest BCUT2D eigenvalue weighted by molar-refractivity contribution is 6.31. The molecule has 0 unspecified atom stereocenters. The molecule has 4 N–H and O–H groups in total. The Balaban J connectivity index is 2.21. The zero-order valence-corrected chi connectivity index (χ0v) is 13.3. The molecule has 2 aromatic carbocycles. The molecule has 7 heteroatoms. The third-order valence-electron chi connectivity index (χ3n) is 3.06. The SMILES string of the molecule is COc1cccc(NCC(=N)N)c1OCc1ccc(F)cc1Cl. The highest BCUT2D eigenvalue weighted by Gasteiger charge is 2.12. The summed E-state index contributed by atoms with van der Waals surface area (Å²) in [5.74, 6) is 0.591. The molecule has 0 spiro atoms. The first-order valence-electron chi connectivity index (χ1n) is 6.81. The summed E-state index contributed by atoms with van der Waals surface area (Å²) >= 11 is 6.00. The predicted molar refractivity (Wildman–Crippen MR) is 89.1 cm³/mol. The van der Waals surface area contributed by atoms with E-state index < -0.39 is 5.82 Å². The molecule has 2 aromatic rings. The fourth-order valence-corrected chi connectivity index (χ4v) is 2.17. The summed E-state index contributed by atoms with van der Waals surface area (Å²) in [6.07, 6.45) is 0. The van der Waals surface area contributed by atoms with E-state index in [2.05, 4.69) is 5.32 Å². The number of anilines is 1. The number of para-hydroxylation sites is 1. The Morgan fingerprint density at radius 2 is 2.13 bits per heavy atom. The summed E-state index contributed by atoms with van der Waals surface area (Å²) in [7, 11) is 1.53. The van der Waals surface area contributed by atoms with Gasteiger partial charge in [-0.3, -0.25) is 5.41 Å². The van der Waals surface area contributed by atoms with Gasteiger partial charge in [-0.25, -0.2) is 4.39 Å². The third kappa shape index (κ3) is 4.50. The topological polar surface area (TPSA) is 80.4 Å². The monoisotopic (exact) mass is 337 g/mol. The van der Waals surface area contributed by atoms with Gasteiger partial charge < -0.3 is 20.5 Å². The second-order valence-electron chi connectivity index (χ2n) is 4.74. The molecule has 0 bridgehead atoms. The second kappa shape index (κ2) is 7.69. The first kappa shape index (κ1) is 16.9. The van der Waals surface area contributed by atoms with Gasteiger partial charge in [-0.15, -0.1) is 0 Å². The van der Waals surface area contributed by atoms with Crippen molar-refractivity contribution in [1.29, 1.82) is 5.41 Å². The molecule has 0 aromatic heterocycles. The Kier molecular flexibility index (Phi) is 5.65. The molecule has 122 valence electrons. The van der Waals surface area contributed by atoms with E-state index in [4.69, 9.17) is 32.2 Å². The van der Waals surface area contributed by atoms with Crippen LogP contribution in [0.3, 0.4) is 0 Å². The lowest BCUT2D eigenvalue weighted by Crippen LogP contribution is -2.21. The maximum atomic E-state index is 13.1. The summed E-state index contributed by atoms with van der Waals surface area (Å²) in [5.41, 5.74) is 6.64. The zero-order valence-electron chi connectivity index (χ0n) is 12.5. The lowest BCUT2D eigenvalue weighted by molar-refractivity contribution is 0.286. The van der Waals surface area contributed by atoms with Crippen molar-refractivity contribution in [2.45, 2.75) is 6.61 Å². The van der Waals surface area contributed by atoms with Gasteiger partial charge in [-0.2, -0.15) is 0 Å². The van der Waals surface area contributed by atoms with Crippen LogP contribution in [0, 0.1) is 11.2 Å². The van der Waals surface area contributed by atoms with Crippen LogP contribution in [0.15, 0.2) is 36.4 Å². The summed E-state index contributed by atoms with van der Waals surface area (Å²) in [6, 6.07) is 9.45. The van der Waals surface area contributed by atoms with Crippen molar-refractivity contribution in [2.24, 2.45) is 5.73 Å². The molecule has 0 aliphatic carbocycles. The molecule has 0 heterocycles. The van der Waals surface area contributed by atoms with E-state index >= 15 is 0 Å². The maximum Gasteiger partial charge on any atom is 0.184 e. The Morgan fingerprint density at radius 3 is 2.78 bits per heavy atom. The molecule has 0 atom stereocenters. The number of amidine groups is 1. The van der Waals surface area contributed by atoms with Crippen molar-refractivity contribution in [3.63, 3.8) is 0 Å². The van der Waals surface area contributed by atoms with Crippen LogP contribution in [0.1, 0.15) is 5.56 Å². The summed E-state index contributed by atoms with van der Waals surface area (Å²) < 4.78 is 24.2.